The summed E-state index contributed by atoms with van der Waals surface area (Å²) in [4.78, 5) is 23.6. The molecule has 4 heteroatoms. The van der Waals surface area contributed by atoms with E-state index in [1.807, 2.05) is 31.1 Å². The second kappa shape index (κ2) is 5.11. The molecule has 0 aliphatic carbocycles. The van der Waals surface area contributed by atoms with Crippen molar-refractivity contribution in [1.29, 1.82) is 0 Å². The average molecular weight is 219 g/mol. The average Bonchev–Trinajstić information content (AvgIpc) is 2.26. The van der Waals surface area contributed by atoms with E-state index in [1.54, 1.807) is 12.1 Å². The van der Waals surface area contributed by atoms with Crippen molar-refractivity contribution in [2.75, 3.05) is 19.0 Å². The zero-order chi connectivity index (χ0) is 12.1. The molecule has 0 amide bonds. The van der Waals surface area contributed by atoms with Crippen LogP contribution in [0.4, 0.5) is 5.69 Å². The fraction of sp³-hybridized carbons (Fsp3) is 0.167. The zero-order valence-electron chi connectivity index (χ0n) is 9.18. The molecule has 0 fully saturated rings. The van der Waals surface area contributed by atoms with Crippen molar-refractivity contribution in [1.82, 2.24) is 0 Å². The Morgan fingerprint density at radius 3 is 2.12 bits per heavy atom. The van der Waals surface area contributed by atoms with Crippen LogP contribution < -0.4 is 4.90 Å². The SMILES string of the molecule is CN(C)c1ccc(C(=O)C=CC(=O)O)cc1. The van der Waals surface area contributed by atoms with Crippen LogP contribution in [0, 0.1) is 0 Å². The molecule has 16 heavy (non-hydrogen) atoms. The Morgan fingerprint density at radius 1 is 1.12 bits per heavy atom. The Labute approximate surface area is 93.8 Å². The van der Waals surface area contributed by atoms with Crippen molar-refractivity contribution in [3.8, 4) is 0 Å². The van der Waals surface area contributed by atoms with Crippen LogP contribution in [0.25, 0.3) is 0 Å². The van der Waals surface area contributed by atoms with E-state index in [4.69, 9.17) is 5.11 Å². The van der Waals surface area contributed by atoms with Crippen molar-refractivity contribution in [2.24, 2.45) is 0 Å². The van der Waals surface area contributed by atoms with Gasteiger partial charge in [0, 0.05) is 31.4 Å². The third kappa shape index (κ3) is 3.24. The number of anilines is 1. The van der Waals surface area contributed by atoms with Crippen LogP contribution in [0.5, 0.6) is 0 Å². The van der Waals surface area contributed by atoms with Gasteiger partial charge in [-0.25, -0.2) is 4.79 Å². The number of carbonyl (C=O) groups excluding carboxylic acids is 1. The minimum atomic E-state index is -1.13. The van der Waals surface area contributed by atoms with E-state index in [0.717, 1.165) is 17.8 Å². The number of carboxylic acids is 1. The van der Waals surface area contributed by atoms with E-state index in [-0.39, 0.29) is 5.78 Å². The van der Waals surface area contributed by atoms with Gasteiger partial charge >= 0.3 is 5.97 Å². The Bertz CT molecular complexity index is 418. The van der Waals surface area contributed by atoms with Gasteiger partial charge in [0.15, 0.2) is 5.78 Å². The van der Waals surface area contributed by atoms with E-state index in [2.05, 4.69) is 0 Å². The summed E-state index contributed by atoms with van der Waals surface area (Å²) in [6.45, 7) is 0. The molecule has 1 rings (SSSR count). The van der Waals surface area contributed by atoms with E-state index < -0.39 is 5.97 Å². The molecule has 0 radical (unpaired) electrons. The highest BCUT2D eigenvalue weighted by molar-refractivity contribution is 6.06. The van der Waals surface area contributed by atoms with Crippen molar-refractivity contribution in [2.45, 2.75) is 0 Å². The molecule has 0 saturated heterocycles. The van der Waals surface area contributed by atoms with Gasteiger partial charge in [0.25, 0.3) is 0 Å². The van der Waals surface area contributed by atoms with Crippen molar-refractivity contribution in [3.05, 3.63) is 42.0 Å². The normalized spacial score (nSPS) is 10.4. The van der Waals surface area contributed by atoms with E-state index in [0.29, 0.717) is 5.56 Å². The topological polar surface area (TPSA) is 57.6 Å². The number of carbonyl (C=O) groups is 2. The Morgan fingerprint density at radius 2 is 1.69 bits per heavy atom. The zero-order valence-corrected chi connectivity index (χ0v) is 9.18. The molecule has 1 aromatic carbocycles. The first-order valence-corrected chi connectivity index (χ1v) is 4.73. The second-order valence-corrected chi connectivity index (χ2v) is 3.48. The Hall–Kier alpha value is -2.10. The monoisotopic (exact) mass is 219 g/mol. The van der Waals surface area contributed by atoms with Crippen LogP contribution in [-0.2, 0) is 4.79 Å². The molecule has 84 valence electrons. The summed E-state index contributed by atoms with van der Waals surface area (Å²) < 4.78 is 0. The molecule has 0 spiro atoms. The first-order valence-electron chi connectivity index (χ1n) is 4.73. The molecule has 4 nitrogen and oxygen atoms in total. The largest absolute Gasteiger partial charge is 0.478 e. The van der Waals surface area contributed by atoms with Crippen LogP contribution in [-0.4, -0.2) is 31.0 Å². The molecule has 0 aliphatic rings. The number of hydrogen-bond acceptors (Lipinski definition) is 3. The van der Waals surface area contributed by atoms with Gasteiger partial charge in [0.05, 0.1) is 0 Å². The van der Waals surface area contributed by atoms with Gasteiger partial charge in [0.1, 0.15) is 0 Å². The van der Waals surface area contributed by atoms with Gasteiger partial charge in [-0.1, -0.05) is 0 Å². The van der Waals surface area contributed by atoms with Crippen LogP contribution in [0.3, 0.4) is 0 Å². The maximum absolute atomic E-state index is 11.5. The summed E-state index contributed by atoms with van der Waals surface area (Å²) in [6.07, 6.45) is 1.88. The van der Waals surface area contributed by atoms with Crippen LogP contribution in [0.15, 0.2) is 36.4 Å². The number of allylic oxidation sites excluding steroid dienone is 1. The van der Waals surface area contributed by atoms with Crippen molar-refractivity contribution >= 4 is 17.4 Å². The molecular formula is C12H13NO3. The number of carboxylic acid groups (broad SMARTS) is 1. The number of ketones is 1. The molecule has 1 N–H and O–H groups in total. The summed E-state index contributed by atoms with van der Waals surface area (Å²) in [5, 5.41) is 8.38. The molecule has 0 saturated carbocycles. The predicted molar refractivity (Wildman–Crippen MR) is 61.9 cm³/mol. The Kier molecular flexibility index (Phi) is 3.83. The minimum absolute atomic E-state index is 0.312. The van der Waals surface area contributed by atoms with Gasteiger partial charge in [0.2, 0.25) is 0 Å². The smallest absolute Gasteiger partial charge is 0.328 e. The molecule has 0 aromatic heterocycles. The third-order valence-corrected chi connectivity index (χ3v) is 2.05. The molecule has 0 atom stereocenters. The lowest BCUT2D eigenvalue weighted by atomic mass is 10.1. The highest BCUT2D eigenvalue weighted by Crippen LogP contribution is 2.12. The molecule has 0 aliphatic heterocycles. The first kappa shape index (κ1) is 12.0. The fourth-order valence-electron chi connectivity index (χ4n) is 1.17. The maximum Gasteiger partial charge on any atom is 0.328 e. The lowest BCUT2D eigenvalue weighted by Crippen LogP contribution is -2.08. The van der Waals surface area contributed by atoms with Crippen LogP contribution in [0.1, 0.15) is 10.4 Å². The highest BCUT2D eigenvalue weighted by Gasteiger charge is 2.02. The van der Waals surface area contributed by atoms with Gasteiger partial charge < -0.3 is 10.0 Å². The van der Waals surface area contributed by atoms with Gasteiger partial charge in [-0.3, -0.25) is 4.79 Å². The predicted octanol–water partition coefficient (Wildman–Crippen LogP) is 1.58. The Balaban J connectivity index is 2.82. The number of nitrogens with zero attached hydrogens (tertiary/aromatic N) is 1. The quantitative estimate of drug-likeness (QED) is 0.617. The summed E-state index contributed by atoms with van der Waals surface area (Å²) >= 11 is 0. The molecule has 0 heterocycles. The van der Waals surface area contributed by atoms with Crippen molar-refractivity contribution < 1.29 is 14.7 Å². The highest BCUT2D eigenvalue weighted by atomic mass is 16.4. The van der Waals surface area contributed by atoms with Gasteiger partial charge in [-0.05, 0) is 30.3 Å². The van der Waals surface area contributed by atoms with E-state index in [1.165, 1.54) is 0 Å². The van der Waals surface area contributed by atoms with Crippen LogP contribution >= 0.6 is 0 Å². The molecular weight excluding hydrogens is 206 g/mol. The molecule has 0 unspecified atom stereocenters. The summed E-state index contributed by atoms with van der Waals surface area (Å²) in [5.74, 6) is -1.44. The lowest BCUT2D eigenvalue weighted by Gasteiger charge is -2.11. The molecule has 1 aromatic rings. The van der Waals surface area contributed by atoms with E-state index in [9.17, 15) is 9.59 Å². The third-order valence-electron chi connectivity index (χ3n) is 2.05. The second-order valence-electron chi connectivity index (χ2n) is 3.48. The van der Waals surface area contributed by atoms with Crippen LogP contribution in [0.2, 0.25) is 0 Å². The minimum Gasteiger partial charge on any atom is -0.478 e. The first-order chi connectivity index (χ1) is 7.50. The standard InChI is InChI=1S/C12H13NO3/c1-13(2)10-5-3-9(4-6-10)11(14)7-8-12(15)16/h3-8H,1-2H3,(H,15,16). The summed E-state index contributed by atoms with van der Waals surface area (Å²) in [5.41, 5.74) is 1.46. The van der Waals surface area contributed by atoms with Crippen molar-refractivity contribution in [3.63, 3.8) is 0 Å². The maximum atomic E-state index is 11.5. The number of aliphatic carboxylic acids is 1. The van der Waals surface area contributed by atoms with Gasteiger partial charge in [-0.2, -0.15) is 0 Å². The summed E-state index contributed by atoms with van der Waals surface area (Å²) in [6, 6.07) is 6.96. The lowest BCUT2D eigenvalue weighted by molar-refractivity contribution is -0.131. The van der Waals surface area contributed by atoms with E-state index >= 15 is 0 Å². The van der Waals surface area contributed by atoms with Gasteiger partial charge in [-0.15, -0.1) is 0 Å². The number of benzene rings is 1. The molecule has 0 bridgehead atoms. The fourth-order valence-corrected chi connectivity index (χ4v) is 1.17. The number of hydrogen-bond donors (Lipinski definition) is 1. The summed E-state index contributed by atoms with van der Waals surface area (Å²) in [7, 11) is 3.81. The number of rotatable bonds is 4.